The van der Waals surface area contributed by atoms with Gasteiger partial charge < -0.3 is 5.73 Å². The highest BCUT2D eigenvalue weighted by molar-refractivity contribution is 7.89. The standard InChI is InChI=1S/C13H24N2O2S2/c1-4-6-7-15(11(3)5-2)19(16,17)13-8-12(9-14)18-10-13/h8,10-11H,4-7,9,14H2,1-3H3. The minimum absolute atomic E-state index is 0.0257. The number of hydrogen-bond donors (Lipinski definition) is 1. The lowest BCUT2D eigenvalue weighted by atomic mass is 10.2. The van der Waals surface area contributed by atoms with Gasteiger partial charge in [0.05, 0.1) is 4.90 Å². The van der Waals surface area contributed by atoms with Gasteiger partial charge in [0.25, 0.3) is 0 Å². The molecule has 1 aromatic heterocycles. The summed E-state index contributed by atoms with van der Waals surface area (Å²) in [6, 6.07) is 1.72. The Kier molecular flexibility index (Phi) is 6.46. The van der Waals surface area contributed by atoms with Crippen LogP contribution >= 0.6 is 11.3 Å². The van der Waals surface area contributed by atoms with Gasteiger partial charge in [-0.1, -0.05) is 20.3 Å². The summed E-state index contributed by atoms with van der Waals surface area (Å²) in [4.78, 5) is 1.28. The zero-order chi connectivity index (χ0) is 14.5. The maximum Gasteiger partial charge on any atom is 0.244 e. The topological polar surface area (TPSA) is 63.4 Å². The maximum absolute atomic E-state index is 12.7. The predicted molar refractivity (Wildman–Crippen MR) is 80.8 cm³/mol. The van der Waals surface area contributed by atoms with Crippen molar-refractivity contribution < 1.29 is 8.42 Å². The van der Waals surface area contributed by atoms with Crippen molar-refractivity contribution >= 4 is 21.4 Å². The molecule has 2 N–H and O–H groups in total. The molecule has 1 rings (SSSR count). The van der Waals surface area contributed by atoms with Crippen LogP contribution in [0.25, 0.3) is 0 Å². The summed E-state index contributed by atoms with van der Waals surface area (Å²) in [6.45, 7) is 7.01. The lowest BCUT2D eigenvalue weighted by molar-refractivity contribution is 0.324. The third-order valence-electron chi connectivity index (χ3n) is 3.25. The highest BCUT2D eigenvalue weighted by Crippen LogP contribution is 2.25. The Bertz CT molecular complexity index is 483. The molecule has 0 saturated heterocycles. The van der Waals surface area contributed by atoms with E-state index in [-0.39, 0.29) is 6.04 Å². The molecule has 1 aromatic rings. The zero-order valence-electron chi connectivity index (χ0n) is 11.9. The van der Waals surface area contributed by atoms with Gasteiger partial charge in [-0.05, 0) is 25.8 Å². The Hall–Kier alpha value is -0.430. The van der Waals surface area contributed by atoms with E-state index in [2.05, 4.69) is 6.92 Å². The summed E-state index contributed by atoms with van der Waals surface area (Å²) < 4.78 is 26.9. The largest absolute Gasteiger partial charge is 0.326 e. The first-order valence-electron chi connectivity index (χ1n) is 6.76. The number of nitrogens with zero attached hydrogens (tertiary/aromatic N) is 1. The van der Waals surface area contributed by atoms with E-state index in [4.69, 9.17) is 5.73 Å². The first-order valence-corrected chi connectivity index (χ1v) is 9.08. The van der Waals surface area contributed by atoms with Crippen LogP contribution in [0.4, 0.5) is 0 Å². The van der Waals surface area contributed by atoms with Gasteiger partial charge in [-0.2, -0.15) is 4.31 Å². The third kappa shape index (κ3) is 4.02. The van der Waals surface area contributed by atoms with Crippen LogP contribution in [-0.4, -0.2) is 25.3 Å². The second kappa shape index (κ2) is 7.38. The third-order valence-corrected chi connectivity index (χ3v) is 6.35. The number of rotatable bonds is 8. The average molecular weight is 304 g/mol. The van der Waals surface area contributed by atoms with Crippen LogP contribution in [0, 0.1) is 0 Å². The van der Waals surface area contributed by atoms with Crippen LogP contribution in [0.2, 0.25) is 0 Å². The molecule has 1 unspecified atom stereocenters. The van der Waals surface area contributed by atoms with Gasteiger partial charge in [-0.15, -0.1) is 11.3 Å². The summed E-state index contributed by atoms with van der Waals surface area (Å²) >= 11 is 1.41. The van der Waals surface area contributed by atoms with Crippen LogP contribution < -0.4 is 5.73 Å². The van der Waals surface area contributed by atoms with Crippen molar-refractivity contribution in [2.75, 3.05) is 6.54 Å². The second-order valence-corrected chi connectivity index (χ2v) is 7.57. The molecule has 0 spiro atoms. The van der Waals surface area contributed by atoms with Crippen LogP contribution in [0.15, 0.2) is 16.3 Å². The molecule has 0 aliphatic heterocycles. The summed E-state index contributed by atoms with van der Waals surface area (Å²) in [7, 11) is -3.39. The molecule has 0 fully saturated rings. The molecular formula is C13H24N2O2S2. The molecule has 0 amide bonds. The van der Waals surface area contributed by atoms with E-state index in [1.54, 1.807) is 15.8 Å². The molecule has 0 bridgehead atoms. The summed E-state index contributed by atoms with van der Waals surface area (Å²) in [5.41, 5.74) is 5.55. The Labute approximate surface area is 120 Å². The fourth-order valence-corrected chi connectivity index (χ4v) is 4.72. The summed E-state index contributed by atoms with van der Waals surface area (Å²) in [5, 5.41) is 1.69. The van der Waals surface area contributed by atoms with Gasteiger partial charge in [-0.3, -0.25) is 0 Å². The lowest BCUT2D eigenvalue weighted by Crippen LogP contribution is -2.38. The monoisotopic (exact) mass is 304 g/mol. The normalized spacial score (nSPS) is 13.9. The number of nitrogens with two attached hydrogens (primary N) is 1. The van der Waals surface area contributed by atoms with Crippen molar-refractivity contribution in [2.45, 2.75) is 57.5 Å². The van der Waals surface area contributed by atoms with Gasteiger partial charge in [0, 0.05) is 29.4 Å². The molecule has 110 valence electrons. The fourth-order valence-electron chi connectivity index (χ4n) is 1.83. The molecule has 1 heterocycles. The molecule has 0 aliphatic rings. The van der Waals surface area contributed by atoms with E-state index < -0.39 is 10.0 Å². The van der Waals surface area contributed by atoms with Gasteiger partial charge >= 0.3 is 0 Å². The molecule has 6 heteroatoms. The molecule has 0 aromatic carbocycles. The van der Waals surface area contributed by atoms with Gasteiger partial charge in [-0.25, -0.2) is 8.42 Å². The van der Waals surface area contributed by atoms with E-state index in [0.717, 1.165) is 24.1 Å². The van der Waals surface area contributed by atoms with Gasteiger partial charge in [0.2, 0.25) is 10.0 Å². The van der Waals surface area contributed by atoms with E-state index in [1.165, 1.54) is 11.3 Å². The van der Waals surface area contributed by atoms with E-state index >= 15 is 0 Å². The molecule has 1 atom stereocenters. The Morgan fingerprint density at radius 2 is 2.11 bits per heavy atom. The number of hydrogen-bond acceptors (Lipinski definition) is 4. The highest BCUT2D eigenvalue weighted by Gasteiger charge is 2.28. The first kappa shape index (κ1) is 16.6. The molecular weight excluding hydrogens is 280 g/mol. The lowest BCUT2D eigenvalue weighted by Gasteiger charge is -2.27. The van der Waals surface area contributed by atoms with E-state index in [0.29, 0.717) is 18.0 Å². The molecule has 4 nitrogen and oxygen atoms in total. The van der Waals surface area contributed by atoms with Crippen LogP contribution in [0.3, 0.4) is 0 Å². The van der Waals surface area contributed by atoms with E-state index in [9.17, 15) is 8.42 Å². The minimum Gasteiger partial charge on any atom is -0.326 e. The van der Waals surface area contributed by atoms with Crippen LogP contribution in [0.5, 0.6) is 0 Å². The van der Waals surface area contributed by atoms with Crippen molar-refractivity contribution in [3.8, 4) is 0 Å². The Balaban J connectivity index is 3.04. The first-order chi connectivity index (χ1) is 8.97. The Morgan fingerprint density at radius 1 is 1.42 bits per heavy atom. The van der Waals surface area contributed by atoms with Crippen molar-refractivity contribution in [3.05, 3.63) is 16.3 Å². The Morgan fingerprint density at radius 3 is 2.58 bits per heavy atom. The summed E-state index contributed by atoms with van der Waals surface area (Å²) in [5.74, 6) is 0. The van der Waals surface area contributed by atoms with E-state index in [1.807, 2.05) is 13.8 Å². The minimum atomic E-state index is -3.39. The average Bonchev–Trinajstić information content (AvgIpc) is 2.88. The van der Waals surface area contributed by atoms with Gasteiger partial charge in [0.1, 0.15) is 0 Å². The van der Waals surface area contributed by atoms with Gasteiger partial charge in [0.15, 0.2) is 0 Å². The fraction of sp³-hybridized carbons (Fsp3) is 0.692. The summed E-state index contributed by atoms with van der Waals surface area (Å²) in [6.07, 6.45) is 2.69. The highest BCUT2D eigenvalue weighted by atomic mass is 32.2. The second-order valence-electron chi connectivity index (χ2n) is 4.68. The molecule has 19 heavy (non-hydrogen) atoms. The maximum atomic E-state index is 12.7. The SMILES string of the molecule is CCCCN(C(C)CC)S(=O)(=O)c1csc(CN)c1. The number of sulfonamides is 1. The quantitative estimate of drug-likeness (QED) is 0.803. The molecule has 0 saturated carbocycles. The van der Waals surface area contributed by atoms with Crippen molar-refractivity contribution in [1.29, 1.82) is 0 Å². The van der Waals surface area contributed by atoms with Crippen LogP contribution in [-0.2, 0) is 16.6 Å². The zero-order valence-corrected chi connectivity index (χ0v) is 13.6. The van der Waals surface area contributed by atoms with Crippen molar-refractivity contribution in [1.82, 2.24) is 4.31 Å². The van der Waals surface area contributed by atoms with Crippen molar-refractivity contribution in [2.24, 2.45) is 5.73 Å². The molecule has 0 aliphatic carbocycles. The van der Waals surface area contributed by atoms with Crippen molar-refractivity contribution in [3.63, 3.8) is 0 Å². The molecule has 0 radical (unpaired) electrons. The predicted octanol–water partition coefficient (Wildman–Crippen LogP) is 2.80. The van der Waals surface area contributed by atoms with Crippen LogP contribution in [0.1, 0.15) is 44.9 Å². The number of thiophene rings is 1. The number of unbranched alkanes of at least 4 members (excludes halogenated alkanes) is 1. The smallest absolute Gasteiger partial charge is 0.244 e.